The first-order chi connectivity index (χ1) is 23.9. The second-order valence-corrected chi connectivity index (χ2v) is 13.3. The molecule has 2 heteroatoms. The molecule has 0 aliphatic carbocycles. The van der Waals surface area contributed by atoms with Gasteiger partial charge >= 0.3 is 0 Å². The van der Waals surface area contributed by atoms with Crippen molar-refractivity contribution in [3.8, 4) is 50.5 Å². The molecule has 0 unspecified atom stereocenters. The number of rotatable bonds is 6. The van der Waals surface area contributed by atoms with E-state index in [4.69, 9.17) is 4.98 Å². The summed E-state index contributed by atoms with van der Waals surface area (Å²) in [5.41, 5.74) is 19.4. The molecule has 0 aliphatic rings. The first-order valence-electron chi connectivity index (χ1n) is 17.3. The average Bonchev–Trinajstić information content (AvgIpc) is 3.47. The van der Waals surface area contributed by atoms with Crippen LogP contribution in [0.3, 0.4) is 0 Å². The van der Waals surface area contributed by atoms with Crippen LogP contribution in [-0.4, -0.2) is 9.55 Å². The maximum Gasteiger partial charge on any atom is 0.0747 e. The summed E-state index contributed by atoms with van der Waals surface area (Å²) in [6.45, 7) is 11.2. The Morgan fingerprint density at radius 2 is 0.959 bits per heavy atom. The maximum absolute atomic E-state index is 5.39. The second kappa shape index (κ2) is 12.4. The summed E-state index contributed by atoms with van der Waals surface area (Å²) < 4.78 is 2.43. The van der Waals surface area contributed by atoms with Crippen LogP contribution in [0.1, 0.15) is 34.7 Å². The standard InChI is InChI=1S/C47H40N2/c1-6-36-42(34-17-9-7-10-18-34)29-43(48-47(36)35-19-11-8-12-20-35)41-26-30(2)39(25-31(41)3)40-27-33(5)46(28-32(40)4)49-44-23-15-13-21-37(44)38-22-14-16-24-45(38)49/h7-29H,6H2,1-5H3. The zero-order chi connectivity index (χ0) is 33.6. The van der Waals surface area contributed by atoms with Gasteiger partial charge in [-0.1, -0.05) is 110 Å². The van der Waals surface area contributed by atoms with Gasteiger partial charge in [0.25, 0.3) is 0 Å². The Hall–Kier alpha value is -5.73. The minimum absolute atomic E-state index is 0.905. The molecule has 49 heavy (non-hydrogen) atoms. The second-order valence-electron chi connectivity index (χ2n) is 13.3. The van der Waals surface area contributed by atoms with Gasteiger partial charge in [-0.15, -0.1) is 0 Å². The number of aromatic nitrogens is 2. The number of benzene rings is 6. The van der Waals surface area contributed by atoms with Gasteiger partial charge in [0.2, 0.25) is 0 Å². The smallest absolute Gasteiger partial charge is 0.0747 e. The molecule has 8 aromatic rings. The van der Waals surface area contributed by atoms with Gasteiger partial charge in [0.1, 0.15) is 0 Å². The largest absolute Gasteiger partial charge is 0.309 e. The topological polar surface area (TPSA) is 17.8 Å². The molecule has 2 nitrogen and oxygen atoms in total. The minimum atomic E-state index is 0.905. The van der Waals surface area contributed by atoms with E-state index in [-0.39, 0.29) is 0 Å². The lowest BCUT2D eigenvalue weighted by Gasteiger charge is -2.20. The first kappa shape index (κ1) is 30.6. The molecular formula is C47H40N2. The molecule has 8 rings (SSSR count). The monoisotopic (exact) mass is 632 g/mol. The molecule has 0 atom stereocenters. The van der Waals surface area contributed by atoms with Crippen LogP contribution in [-0.2, 0) is 6.42 Å². The summed E-state index contributed by atoms with van der Waals surface area (Å²) in [6, 6.07) is 50.6. The number of aryl methyl sites for hydroxylation is 4. The van der Waals surface area contributed by atoms with E-state index < -0.39 is 0 Å². The van der Waals surface area contributed by atoms with Crippen molar-refractivity contribution in [2.24, 2.45) is 0 Å². The van der Waals surface area contributed by atoms with E-state index in [9.17, 15) is 0 Å². The number of hydrogen-bond acceptors (Lipinski definition) is 1. The highest BCUT2D eigenvalue weighted by Crippen LogP contribution is 2.40. The van der Waals surface area contributed by atoms with Crippen molar-refractivity contribution in [2.45, 2.75) is 41.0 Å². The molecule has 0 aliphatic heterocycles. The van der Waals surface area contributed by atoms with Gasteiger partial charge in [0.05, 0.1) is 22.4 Å². The van der Waals surface area contributed by atoms with Gasteiger partial charge in [-0.2, -0.15) is 0 Å². The number of pyridine rings is 1. The summed E-state index contributed by atoms with van der Waals surface area (Å²) in [6.07, 6.45) is 0.905. The van der Waals surface area contributed by atoms with Gasteiger partial charge in [0, 0.05) is 27.6 Å². The fraction of sp³-hybridized carbons (Fsp3) is 0.128. The number of para-hydroxylation sites is 2. The fourth-order valence-corrected chi connectivity index (χ4v) is 7.67. The van der Waals surface area contributed by atoms with Crippen molar-refractivity contribution in [3.63, 3.8) is 0 Å². The Labute approximate surface area is 289 Å². The van der Waals surface area contributed by atoms with Crippen LogP contribution < -0.4 is 0 Å². The van der Waals surface area contributed by atoms with Crippen molar-refractivity contribution in [1.82, 2.24) is 9.55 Å². The Bertz CT molecular complexity index is 2390. The Morgan fingerprint density at radius 3 is 1.57 bits per heavy atom. The van der Waals surface area contributed by atoms with Gasteiger partial charge in [-0.25, -0.2) is 4.98 Å². The van der Waals surface area contributed by atoms with Crippen molar-refractivity contribution in [2.75, 3.05) is 0 Å². The van der Waals surface area contributed by atoms with Gasteiger partial charge in [0.15, 0.2) is 0 Å². The molecule has 0 spiro atoms. The molecule has 0 radical (unpaired) electrons. The Balaban J connectivity index is 1.27. The molecule has 0 saturated heterocycles. The summed E-state index contributed by atoms with van der Waals surface area (Å²) in [7, 11) is 0. The zero-order valence-corrected chi connectivity index (χ0v) is 28.9. The van der Waals surface area contributed by atoms with Crippen LogP contribution in [0.5, 0.6) is 0 Å². The van der Waals surface area contributed by atoms with E-state index in [1.165, 1.54) is 83.1 Å². The molecule has 0 bridgehead atoms. The van der Waals surface area contributed by atoms with E-state index in [1.54, 1.807) is 0 Å². The number of hydrogen-bond donors (Lipinski definition) is 0. The minimum Gasteiger partial charge on any atom is -0.309 e. The molecule has 2 heterocycles. The molecule has 6 aromatic carbocycles. The highest BCUT2D eigenvalue weighted by molar-refractivity contribution is 6.09. The SMILES string of the molecule is CCc1c(-c2ccccc2)cc(-c2cc(C)c(-c3cc(C)c(-n4c5ccccc5c5ccccc54)cc3C)cc2C)nc1-c1ccccc1. The maximum atomic E-state index is 5.39. The summed E-state index contributed by atoms with van der Waals surface area (Å²) in [5.74, 6) is 0. The highest BCUT2D eigenvalue weighted by Gasteiger charge is 2.19. The lowest BCUT2D eigenvalue weighted by Crippen LogP contribution is -2.01. The average molecular weight is 633 g/mol. The summed E-state index contributed by atoms with van der Waals surface area (Å²) in [5, 5.41) is 2.57. The van der Waals surface area contributed by atoms with Crippen LogP contribution in [0.15, 0.2) is 140 Å². The Morgan fingerprint density at radius 1 is 0.469 bits per heavy atom. The lowest BCUT2D eigenvalue weighted by molar-refractivity contribution is 1.11. The first-order valence-corrected chi connectivity index (χ1v) is 17.3. The van der Waals surface area contributed by atoms with Crippen LogP contribution in [0.25, 0.3) is 72.3 Å². The summed E-state index contributed by atoms with van der Waals surface area (Å²) >= 11 is 0. The molecule has 0 saturated carbocycles. The quantitative estimate of drug-likeness (QED) is 0.178. The number of nitrogens with zero attached hydrogens (tertiary/aromatic N) is 2. The molecule has 0 N–H and O–H groups in total. The van der Waals surface area contributed by atoms with E-state index in [1.807, 2.05) is 0 Å². The van der Waals surface area contributed by atoms with Crippen molar-refractivity contribution in [1.29, 1.82) is 0 Å². The third-order valence-corrected chi connectivity index (χ3v) is 10.1. The van der Waals surface area contributed by atoms with Crippen LogP contribution >= 0.6 is 0 Å². The third kappa shape index (κ3) is 5.25. The zero-order valence-electron chi connectivity index (χ0n) is 28.9. The highest BCUT2D eigenvalue weighted by atomic mass is 15.0. The predicted octanol–water partition coefficient (Wildman–Crippen LogP) is 12.6. The normalized spacial score (nSPS) is 11.4. The fourth-order valence-electron chi connectivity index (χ4n) is 7.67. The van der Waals surface area contributed by atoms with Crippen molar-refractivity contribution >= 4 is 21.8 Å². The van der Waals surface area contributed by atoms with Gasteiger partial charge < -0.3 is 4.57 Å². The van der Waals surface area contributed by atoms with E-state index in [0.29, 0.717) is 0 Å². The van der Waals surface area contributed by atoms with Gasteiger partial charge in [-0.3, -0.25) is 0 Å². The van der Waals surface area contributed by atoms with Gasteiger partial charge in [-0.05, 0) is 121 Å². The van der Waals surface area contributed by atoms with Crippen molar-refractivity contribution in [3.05, 3.63) is 167 Å². The van der Waals surface area contributed by atoms with E-state index >= 15 is 0 Å². The molecule has 0 fully saturated rings. The van der Waals surface area contributed by atoms with E-state index in [2.05, 4.69) is 179 Å². The van der Waals surface area contributed by atoms with Crippen molar-refractivity contribution < 1.29 is 0 Å². The third-order valence-electron chi connectivity index (χ3n) is 10.1. The van der Waals surface area contributed by atoms with E-state index in [0.717, 1.165) is 23.4 Å². The van der Waals surface area contributed by atoms with Crippen LogP contribution in [0.4, 0.5) is 0 Å². The van der Waals surface area contributed by atoms with Crippen LogP contribution in [0, 0.1) is 27.7 Å². The molecule has 2 aromatic heterocycles. The summed E-state index contributed by atoms with van der Waals surface area (Å²) in [4.78, 5) is 5.39. The molecule has 238 valence electrons. The van der Waals surface area contributed by atoms with Crippen LogP contribution in [0.2, 0.25) is 0 Å². The Kier molecular flexibility index (Phi) is 7.73. The number of fused-ring (bicyclic) bond motifs is 3. The molecular weight excluding hydrogens is 593 g/mol. The molecule has 0 amide bonds. The predicted molar refractivity (Wildman–Crippen MR) is 209 cm³/mol. The lowest BCUT2D eigenvalue weighted by atomic mass is 9.88.